The minimum atomic E-state index is -2.42. The number of hydrogen-bond donors (Lipinski definition) is 0. The molecule has 1 rings (SSSR count). The monoisotopic (exact) mass is 450 g/mol. The molecule has 0 fully saturated rings. The second-order valence-electron chi connectivity index (χ2n) is 5.64. The van der Waals surface area contributed by atoms with Crippen molar-refractivity contribution in [3.63, 3.8) is 0 Å². The molecule has 0 radical (unpaired) electrons. The van der Waals surface area contributed by atoms with E-state index in [0.717, 1.165) is 0 Å². The van der Waals surface area contributed by atoms with Crippen LogP contribution in [0.1, 0.15) is 11.7 Å². The summed E-state index contributed by atoms with van der Waals surface area (Å²) in [5, 5.41) is 0.423. The van der Waals surface area contributed by atoms with Crippen LogP contribution in [-0.4, -0.2) is 34.9 Å². The first-order valence-electron chi connectivity index (χ1n) is 6.91. The summed E-state index contributed by atoms with van der Waals surface area (Å²) < 4.78 is 59.6. The Hall–Kier alpha value is -0.163. The van der Waals surface area contributed by atoms with E-state index in [1.165, 1.54) is 0 Å². The molecule has 138 valence electrons. The SMILES string of the molecule is C[Si](C)(C)OC(c1ccc(Cl)cc1Br)C(OCF)(OCF)OCF. The summed E-state index contributed by atoms with van der Waals surface area (Å²) in [5.41, 5.74) is 0.386. The molecule has 1 unspecified atom stereocenters. The largest absolute Gasteiger partial charge is 0.403 e. The molecule has 1 aromatic carbocycles. The number of hydrogen-bond acceptors (Lipinski definition) is 4. The van der Waals surface area contributed by atoms with Gasteiger partial charge in [0, 0.05) is 15.1 Å². The zero-order valence-electron chi connectivity index (χ0n) is 13.5. The molecule has 0 heterocycles. The summed E-state index contributed by atoms with van der Waals surface area (Å²) in [6.07, 6.45) is -1.25. The molecule has 0 amide bonds. The maximum Gasteiger partial charge on any atom is 0.320 e. The fraction of sp³-hybridized carbons (Fsp3) is 0.571. The van der Waals surface area contributed by atoms with Crippen LogP contribution in [0.5, 0.6) is 0 Å². The Labute approximate surface area is 153 Å². The molecule has 0 N–H and O–H groups in total. The Morgan fingerprint density at radius 2 is 1.58 bits per heavy atom. The molecule has 1 aromatic rings. The lowest BCUT2D eigenvalue weighted by molar-refractivity contribution is -0.434. The van der Waals surface area contributed by atoms with Gasteiger partial charge in [0.05, 0.1) is 0 Å². The minimum Gasteiger partial charge on any atom is -0.403 e. The summed E-state index contributed by atoms with van der Waals surface area (Å²) in [6.45, 7) is 1.35. The lowest BCUT2D eigenvalue weighted by atomic mass is 10.1. The third-order valence-corrected chi connectivity index (χ3v) is 4.67. The lowest BCUT2D eigenvalue weighted by Gasteiger charge is -2.40. The van der Waals surface area contributed by atoms with Crippen molar-refractivity contribution in [1.29, 1.82) is 0 Å². The maximum absolute atomic E-state index is 12.9. The van der Waals surface area contributed by atoms with Gasteiger partial charge in [-0.3, -0.25) is 14.2 Å². The van der Waals surface area contributed by atoms with Gasteiger partial charge in [-0.25, -0.2) is 13.2 Å². The van der Waals surface area contributed by atoms with Crippen molar-refractivity contribution < 1.29 is 31.8 Å². The van der Waals surface area contributed by atoms with Crippen molar-refractivity contribution in [2.24, 2.45) is 0 Å². The highest BCUT2D eigenvalue weighted by atomic mass is 79.9. The van der Waals surface area contributed by atoms with Crippen molar-refractivity contribution in [2.75, 3.05) is 20.6 Å². The molecular weight excluding hydrogens is 433 g/mol. The van der Waals surface area contributed by atoms with Crippen LogP contribution in [0.2, 0.25) is 24.7 Å². The van der Waals surface area contributed by atoms with E-state index in [4.69, 9.17) is 30.2 Å². The second-order valence-corrected chi connectivity index (χ2v) is 11.4. The van der Waals surface area contributed by atoms with Gasteiger partial charge < -0.3 is 4.43 Å². The normalized spacial score (nSPS) is 14.0. The molecular formula is C14H19BrClF3O4Si. The number of alkyl halides is 3. The van der Waals surface area contributed by atoms with E-state index in [-0.39, 0.29) is 0 Å². The van der Waals surface area contributed by atoms with Crippen molar-refractivity contribution in [1.82, 2.24) is 0 Å². The lowest BCUT2D eigenvalue weighted by Crippen LogP contribution is -2.49. The highest BCUT2D eigenvalue weighted by Gasteiger charge is 2.48. The third kappa shape index (κ3) is 5.97. The smallest absolute Gasteiger partial charge is 0.320 e. The summed E-state index contributed by atoms with van der Waals surface area (Å²) in [5.74, 6) is -2.42. The molecule has 24 heavy (non-hydrogen) atoms. The molecule has 0 aliphatic carbocycles. The van der Waals surface area contributed by atoms with E-state index >= 15 is 0 Å². The van der Waals surface area contributed by atoms with Crippen LogP contribution < -0.4 is 0 Å². The van der Waals surface area contributed by atoms with E-state index in [2.05, 4.69) is 15.9 Å². The predicted molar refractivity (Wildman–Crippen MR) is 90.2 cm³/mol. The van der Waals surface area contributed by atoms with Gasteiger partial charge in [-0.15, -0.1) is 0 Å². The summed E-state index contributed by atoms with van der Waals surface area (Å²) in [4.78, 5) is 0. The Bertz CT molecular complexity index is 516. The Kier molecular flexibility index (Phi) is 8.67. The third-order valence-electron chi connectivity index (χ3n) is 2.80. The van der Waals surface area contributed by atoms with Crippen LogP contribution in [-0.2, 0) is 18.6 Å². The molecule has 0 saturated carbocycles. The van der Waals surface area contributed by atoms with Crippen LogP contribution in [0, 0.1) is 0 Å². The summed E-state index contributed by atoms with van der Waals surface area (Å²) in [7, 11) is -2.30. The maximum atomic E-state index is 12.9. The van der Waals surface area contributed by atoms with Gasteiger partial charge in [-0.1, -0.05) is 33.6 Å². The molecule has 0 bridgehead atoms. The van der Waals surface area contributed by atoms with Crippen LogP contribution >= 0.6 is 27.5 Å². The van der Waals surface area contributed by atoms with E-state index in [1.54, 1.807) is 18.2 Å². The predicted octanol–water partition coefficient (Wildman–Crippen LogP) is 5.48. The number of benzene rings is 1. The van der Waals surface area contributed by atoms with Crippen molar-refractivity contribution >= 4 is 35.8 Å². The van der Waals surface area contributed by atoms with Crippen molar-refractivity contribution in [3.8, 4) is 0 Å². The molecule has 10 heteroatoms. The number of rotatable bonds is 10. The Morgan fingerprint density at radius 1 is 1.08 bits per heavy atom. The van der Waals surface area contributed by atoms with Crippen LogP contribution in [0.15, 0.2) is 22.7 Å². The Morgan fingerprint density at radius 3 is 1.96 bits per heavy atom. The van der Waals surface area contributed by atoms with E-state index in [1.807, 2.05) is 19.6 Å². The number of ether oxygens (including phenoxy) is 3. The van der Waals surface area contributed by atoms with Gasteiger partial charge in [0.2, 0.25) is 0 Å². The zero-order valence-corrected chi connectivity index (χ0v) is 16.8. The first kappa shape index (κ1) is 21.9. The van der Waals surface area contributed by atoms with Crippen LogP contribution in [0.25, 0.3) is 0 Å². The second kappa shape index (κ2) is 9.51. The van der Waals surface area contributed by atoms with Gasteiger partial charge in [0.15, 0.2) is 35.0 Å². The molecule has 0 aliphatic rings. The van der Waals surface area contributed by atoms with Gasteiger partial charge in [0.1, 0.15) is 0 Å². The van der Waals surface area contributed by atoms with Gasteiger partial charge in [0.25, 0.3) is 0 Å². The van der Waals surface area contributed by atoms with Gasteiger partial charge in [-0.2, -0.15) is 0 Å². The van der Waals surface area contributed by atoms with E-state index < -0.39 is 41.0 Å². The molecule has 4 nitrogen and oxygen atoms in total. The van der Waals surface area contributed by atoms with Gasteiger partial charge >= 0.3 is 5.97 Å². The standard InChI is InChI=1S/C14H19BrClF3O4Si/c1-24(2,3)23-13(11-5-4-10(16)6-12(11)15)14(20-7-17,21-8-18)22-9-19/h4-6,13H,7-9H2,1-3H3. The topological polar surface area (TPSA) is 36.9 Å². The average molecular weight is 452 g/mol. The first-order chi connectivity index (χ1) is 11.2. The van der Waals surface area contributed by atoms with Crippen LogP contribution in [0.3, 0.4) is 0 Å². The first-order valence-corrected chi connectivity index (χ1v) is 11.5. The molecule has 1 atom stereocenters. The fourth-order valence-electron chi connectivity index (χ4n) is 1.97. The zero-order chi connectivity index (χ0) is 18.4. The quantitative estimate of drug-likeness (QED) is 0.349. The van der Waals surface area contributed by atoms with Crippen LogP contribution in [0.4, 0.5) is 13.2 Å². The minimum absolute atomic E-state index is 0.386. The highest BCUT2D eigenvalue weighted by Crippen LogP contribution is 2.41. The fourth-order valence-corrected chi connectivity index (χ4v) is 3.84. The molecule has 0 aliphatic heterocycles. The van der Waals surface area contributed by atoms with E-state index in [9.17, 15) is 13.2 Å². The van der Waals surface area contributed by atoms with Crippen molar-refractivity contribution in [3.05, 3.63) is 33.3 Å². The molecule has 0 aromatic heterocycles. The Balaban J connectivity index is 3.46. The number of halogens is 5. The van der Waals surface area contributed by atoms with E-state index in [0.29, 0.717) is 15.1 Å². The summed E-state index contributed by atoms with van der Waals surface area (Å²) in [6, 6.07) is 4.66. The molecule has 0 saturated heterocycles. The average Bonchev–Trinajstić information content (AvgIpc) is 2.45. The molecule has 0 spiro atoms. The highest BCUT2D eigenvalue weighted by molar-refractivity contribution is 9.10. The van der Waals surface area contributed by atoms with Gasteiger partial charge in [-0.05, 0) is 31.8 Å². The summed E-state index contributed by atoms with van der Waals surface area (Å²) >= 11 is 9.22. The van der Waals surface area contributed by atoms with Crippen molar-refractivity contribution in [2.45, 2.75) is 31.7 Å².